The lowest BCUT2D eigenvalue weighted by atomic mass is 9.88. The fraction of sp³-hybridized carbons (Fsp3) is 0.333. The minimum atomic E-state index is 0.0155. The van der Waals surface area contributed by atoms with Gasteiger partial charge in [-0.2, -0.15) is 0 Å². The standard InChI is InChI=1S/C18H17N3O3/c19-21-20-10-22-16-6-5-12-1-2-14-8-17-18(24-11-23-17)9-15(14)4-3-13(12)7-16/h5-9H,1-4,10-11H2. The van der Waals surface area contributed by atoms with Crippen molar-refractivity contribution >= 4 is 0 Å². The molecule has 1 aliphatic heterocycles. The zero-order valence-corrected chi connectivity index (χ0v) is 13.2. The van der Waals surface area contributed by atoms with Crippen LogP contribution in [0.4, 0.5) is 0 Å². The number of hydrogen-bond acceptors (Lipinski definition) is 4. The zero-order chi connectivity index (χ0) is 16.4. The van der Waals surface area contributed by atoms with Crippen molar-refractivity contribution in [1.82, 2.24) is 0 Å². The molecule has 6 nitrogen and oxygen atoms in total. The lowest BCUT2D eigenvalue weighted by Crippen LogP contribution is -2.07. The molecule has 2 aliphatic rings. The van der Waals surface area contributed by atoms with Gasteiger partial charge < -0.3 is 14.2 Å². The lowest BCUT2D eigenvalue weighted by molar-refractivity contribution is 0.174. The summed E-state index contributed by atoms with van der Waals surface area (Å²) in [5, 5.41) is 3.41. The number of fused-ring (bicyclic) bond motifs is 3. The maximum atomic E-state index is 8.32. The summed E-state index contributed by atoms with van der Waals surface area (Å²) in [5.41, 5.74) is 13.6. The van der Waals surface area contributed by atoms with Crippen molar-refractivity contribution in [2.24, 2.45) is 5.11 Å². The van der Waals surface area contributed by atoms with Crippen LogP contribution in [0.5, 0.6) is 17.2 Å². The second kappa shape index (κ2) is 6.34. The van der Waals surface area contributed by atoms with E-state index in [1.807, 2.05) is 6.07 Å². The molecule has 4 rings (SSSR count). The van der Waals surface area contributed by atoms with Crippen molar-refractivity contribution in [2.45, 2.75) is 25.7 Å². The highest BCUT2D eigenvalue weighted by atomic mass is 16.7. The number of hydrogen-bond donors (Lipinski definition) is 0. The topological polar surface area (TPSA) is 76.5 Å². The zero-order valence-electron chi connectivity index (χ0n) is 13.2. The molecule has 2 aromatic rings. The fourth-order valence-corrected chi connectivity index (χ4v) is 3.33. The van der Waals surface area contributed by atoms with Gasteiger partial charge >= 0.3 is 0 Å². The molecule has 0 radical (unpaired) electrons. The van der Waals surface area contributed by atoms with E-state index in [9.17, 15) is 0 Å². The smallest absolute Gasteiger partial charge is 0.231 e. The predicted octanol–water partition coefficient (Wildman–Crippen LogP) is 3.95. The molecule has 0 N–H and O–H groups in total. The van der Waals surface area contributed by atoms with Crippen LogP contribution in [-0.4, -0.2) is 13.5 Å². The molecule has 0 saturated heterocycles. The van der Waals surface area contributed by atoms with Gasteiger partial charge in [-0.15, -0.1) is 0 Å². The quantitative estimate of drug-likeness (QED) is 0.487. The van der Waals surface area contributed by atoms with E-state index in [2.05, 4.69) is 34.3 Å². The van der Waals surface area contributed by atoms with Gasteiger partial charge in [-0.3, -0.25) is 0 Å². The first-order valence-electron chi connectivity index (χ1n) is 8.00. The minimum Gasteiger partial charge on any atom is -0.488 e. The van der Waals surface area contributed by atoms with E-state index in [0.717, 1.165) is 42.9 Å². The number of rotatable bonds is 3. The Bertz CT molecular complexity index is 828. The molecule has 0 saturated carbocycles. The molecule has 0 atom stereocenters. The van der Waals surface area contributed by atoms with Crippen LogP contribution in [0.3, 0.4) is 0 Å². The Balaban J connectivity index is 1.57. The van der Waals surface area contributed by atoms with Crippen LogP contribution in [0.25, 0.3) is 10.4 Å². The van der Waals surface area contributed by atoms with Gasteiger partial charge in [0.1, 0.15) is 5.75 Å². The first-order valence-corrected chi connectivity index (χ1v) is 8.00. The first-order chi connectivity index (χ1) is 11.8. The summed E-state index contributed by atoms with van der Waals surface area (Å²) in [6.45, 7) is 0.325. The normalized spacial score (nSPS) is 14.7. The summed E-state index contributed by atoms with van der Waals surface area (Å²) in [4.78, 5) is 2.70. The Morgan fingerprint density at radius 1 is 0.917 bits per heavy atom. The third-order valence-corrected chi connectivity index (χ3v) is 4.55. The summed E-state index contributed by atoms with van der Waals surface area (Å²) in [5.74, 6) is 2.45. The lowest BCUT2D eigenvalue weighted by Gasteiger charge is -2.18. The van der Waals surface area contributed by atoms with E-state index in [4.69, 9.17) is 19.7 Å². The largest absolute Gasteiger partial charge is 0.488 e. The van der Waals surface area contributed by atoms with E-state index in [0.29, 0.717) is 6.79 Å². The van der Waals surface area contributed by atoms with Gasteiger partial charge in [0, 0.05) is 4.91 Å². The summed E-state index contributed by atoms with van der Waals surface area (Å²) in [6.07, 6.45) is 3.87. The number of azide groups is 1. The van der Waals surface area contributed by atoms with Crippen molar-refractivity contribution in [3.63, 3.8) is 0 Å². The van der Waals surface area contributed by atoms with Crippen molar-refractivity contribution in [3.8, 4) is 17.2 Å². The highest BCUT2D eigenvalue weighted by Gasteiger charge is 2.19. The number of aryl methyl sites for hydroxylation is 4. The average Bonchev–Trinajstić information content (AvgIpc) is 3.04. The van der Waals surface area contributed by atoms with Gasteiger partial charge in [-0.05, 0) is 77.7 Å². The van der Waals surface area contributed by atoms with E-state index in [1.165, 1.54) is 22.3 Å². The van der Waals surface area contributed by atoms with E-state index in [1.54, 1.807) is 0 Å². The summed E-state index contributed by atoms with van der Waals surface area (Å²) < 4.78 is 16.5. The molecule has 0 fully saturated rings. The van der Waals surface area contributed by atoms with Crippen molar-refractivity contribution in [1.29, 1.82) is 0 Å². The van der Waals surface area contributed by atoms with Crippen LogP contribution in [0.2, 0.25) is 0 Å². The summed E-state index contributed by atoms with van der Waals surface area (Å²) in [6, 6.07) is 10.3. The maximum absolute atomic E-state index is 8.32. The second-order valence-electron chi connectivity index (χ2n) is 5.91. The van der Waals surface area contributed by atoms with Gasteiger partial charge in [0.05, 0.1) is 0 Å². The summed E-state index contributed by atoms with van der Waals surface area (Å²) in [7, 11) is 0. The average molecular weight is 323 g/mol. The maximum Gasteiger partial charge on any atom is 0.231 e. The van der Waals surface area contributed by atoms with Crippen LogP contribution in [0.15, 0.2) is 35.4 Å². The van der Waals surface area contributed by atoms with Crippen molar-refractivity contribution in [3.05, 3.63) is 63.0 Å². The van der Waals surface area contributed by atoms with Crippen LogP contribution in [0, 0.1) is 0 Å². The number of nitrogens with zero attached hydrogens (tertiary/aromatic N) is 3. The Morgan fingerprint density at radius 3 is 2.21 bits per heavy atom. The van der Waals surface area contributed by atoms with E-state index >= 15 is 0 Å². The number of ether oxygens (including phenoxy) is 3. The van der Waals surface area contributed by atoms with Crippen molar-refractivity contribution in [2.75, 3.05) is 13.5 Å². The Morgan fingerprint density at radius 2 is 1.54 bits per heavy atom. The van der Waals surface area contributed by atoms with Crippen LogP contribution >= 0.6 is 0 Å². The molecule has 24 heavy (non-hydrogen) atoms. The van der Waals surface area contributed by atoms with Gasteiger partial charge in [-0.25, -0.2) is 0 Å². The Kier molecular flexibility index (Phi) is 3.89. The fourth-order valence-electron chi connectivity index (χ4n) is 3.33. The van der Waals surface area contributed by atoms with Gasteiger partial charge in [0.25, 0.3) is 0 Å². The number of benzene rings is 2. The monoisotopic (exact) mass is 323 g/mol. The van der Waals surface area contributed by atoms with Crippen molar-refractivity contribution < 1.29 is 14.2 Å². The molecule has 6 heteroatoms. The summed E-state index contributed by atoms with van der Waals surface area (Å²) >= 11 is 0. The molecule has 1 aliphatic carbocycles. The highest BCUT2D eigenvalue weighted by molar-refractivity contribution is 5.50. The third kappa shape index (κ3) is 2.84. The van der Waals surface area contributed by atoms with Crippen LogP contribution < -0.4 is 14.2 Å². The molecular formula is C18H17N3O3. The molecule has 122 valence electrons. The SMILES string of the molecule is [N-]=[N+]=NCOc1ccc2c(c1)CCc1cc3c(cc1CC2)OCO3. The highest BCUT2D eigenvalue weighted by Crippen LogP contribution is 2.37. The molecule has 0 unspecified atom stereocenters. The third-order valence-electron chi connectivity index (χ3n) is 4.55. The molecule has 0 bridgehead atoms. The van der Waals surface area contributed by atoms with Gasteiger partial charge in [-0.1, -0.05) is 11.2 Å². The van der Waals surface area contributed by atoms with Gasteiger partial charge in [0.15, 0.2) is 18.2 Å². The molecule has 0 amide bonds. The van der Waals surface area contributed by atoms with Crippen LogP contribution in [0.1, 0.15) is 22.3 Å². The Hall–Kier alpha value is -2.85. The molecule has 0 aromatic heterocycles. The van der Waals surface area contributed by atoms with Crippen LogP contribution in [-0.2, 0) is 25.7 Å². The molecular weight excluding hydrogens is 306 g/mol. The van der Waals surface area contributed by atoms with Gasteiger partial charge in [0.2, 0.25) is 6.79 Å². The predicted molar refractivity (Wildman–Crippen MR) is 88.5 cm³/mol. The van der Waals surface area contributed by atoms with E-state index in [-0.39, 0.29) is 6.73 Å². The molecule has 0 spiro atoms. The van der Waals surface area contributed by atoms with E-state index < -0.39 is 0 Å². The Labute approximate surface area is 139 Å². The minimum absolute atomic E-state index is 0.0155. The first kappa shape index (κ1) is 14.7. The second-order valence-corrected chi connectivity index (χ2v) is 5.91. The molecule has 2 aromatic carbocycles. The molecule has 1 heterocycles.